The molecule has 134 valence electrons. The van der Waals surface area contributed by atoms with Gasteiger partial charge in [0.15, 0.2) is 0 Å². The van der Waals surface area contributed by atoms with E-state index in [0.717, 1.165) is 24.2 Å². The van der Waals surface area contributed by atoms with E-state index in [4.69, 9.17) is 9.47 Å². The summed E-state index contributed by atoms with van der Waals surface area (Å²) in [5, 5.41) is 4.11. The first-order valence-electron chi connectivity index (χ1n) is 8.84. The van der Waals surface area contributed by atoms with Crippen LogP contribution in [0.3, 0.4) is 0 Å². The van der Waals surface area contributed by atoms with Crippen molar-refractivity contribution in [2.75, 3.05) is 13.7 Å². The molecule has 0 bridgehead atoms. The van der Waals surface area contributed by atoms with Gasteiger partial charge in [-0.05, 0) is 30.9 Å². The number of para-hydroxylation sites is 1. The number of carbonyl (C=O) groups is 1. The molecule has 1 aliphatic heterocycles. The first-order chi connectivity index (χ1) is 12.1. The quantitative estimate of drug-likeness (QED) is 0.831. The maximum atomic E-state index is 12.8. The Kier molecular flexibility index (Phi) is 5.23. The fraction of sp³-hybridized carbons (Fsp3) is 0.500. The summed E-state index contributed by atoms with van der Waals surface area (Å²) in [6.45, 7) is 4.98. The van der Waals surface area contributed by atoms with E-state index in [-0.39, 0.29) is 17.4 Å². The lowest BCUT2D eigenvalue weighted by Crippen LogP contribution is -2.43. The molecule has 0 unspecified atom stereocenters. The molecule has 2 aromatic rings. The van der Waals surface area contributed by atoms with Crippen LogP contribution in [-0.2, 0) is 10.2 Å². The van der Waals surface area contributed by atoms with E-state index in [2.05, 4.69) is 25.0 Å². The van der Waals surface area contributed by atoms with Crippen LogP contribution in [0.5, 0.6) is 5.75 Å². The Labute approximate surface area is 148 Å². The minimum atomic E-state index is -0.303. The number of benzene rings is 1. The van der Waals surface area contributed by atoms with Crippen LogP contribution in [0, 0.1) is 5.92 Å². The fourth-order valence-electron chi connectivity index (χ4n) is 3.75. The normalized spacial score (nSPS) is 23.6. The molecule has 1 aromatic carbocycles. The van der Waals surface area contributed by atoms with Crippen molar-refractivity contribution in [2.24, 2.45) is 5.92 Å². The number of hydrogen-bond donors (Lipinski definition) is 0. The van der Waals surface area contributed by atoms with Gasteiger partial charge in [0.05, 0.1) is 13.2 Å². The van der Waals surface area contributed by atoms with E-state index in [1.807, 2.05) is 18.2 Å². The lowest BCUT2D eigenvalue weighted by molar-refractivity contribution is -0.0461. The van der Waals surface area contributed by atoms with Gasteiger partial charge in [0.2, 0.25) is 5.91 Å². The van der Waals surface area contributed by atoms with E-state index in [9.17, 15) is 4.79 Å². The lowest BCUT2D eigenvalue weighted by Gasteiger charge is -2.42. The van der Waals surface area contributed by atoms with E-state index in [0.29, 0.717) is 18.9 Å². The van der Waals surface area contributed by atoms with Crippen molar-refractivity contribution in [1.29, 1.82) is 0 Å². The van der Waals surface area contributed by atoms with Crippen LogP contribution >= 0.6 is 0 Å². The SMILES string of the molecule is COc1ccccc1[C@@]1(CC(=O)n2cccn2)CCO[C@@H](C(C)C)C1. The smallest absolute Gasteiger partial charge is 0.247 e. The largest absolute Gasteiger partial charge is 0.496 e. The van der Waals surface area contributed by atoms with Crippen molar-refractivity contribution in [1.82, 2.24) is 9.78 Å². The molecule has 5 nitrogen and oxygen atoms in total. The van der Waals surface area contributed by atoms with Gasteiger partial charge >= 0.3 is 0 Å². The topological polar surface area (TPSA) is 53.4 Å². The summed E-state index contributed by atoms with van der Waals surface area (Å²) in [6.07, 6.45) is 5.46. The van der Waals surface area contributed by atoms with Gasteiger partial charge in [0, 0.05) is 36.4 Å². The molecular formula is C20H26N2O3. The van der Waals surface area contributed by atoms with Gasteiger partial charge in [0.25, 0.3) is 0 Å². The van der Waals surface area contributed by atoms with Crippen LogP contribution in [0.2, 0.25) is 0 Å². The predicted octanol–water partition coefficient (Wildman–Crippen LogP) is 3.70. The van der Waals surface area contributed by atoms with Crippen LogP contribution in [0.1, 0.15) is 43.5 Å². The summed E-state index contributed by atoms with van der Waals surface area (Å²) in [6, 6.07) is 9.80. The summed E-state index contributed by atoms with van der Waals surface area (Å²) >= 11 is 0. The first kappa shape index (κ1) is 17.7. The van der Waals surface area contributed by atoms with E-state index >= 15 is 0 Å². The predicted molar refractivity (Wildman–Crippen MR) is 96.0 cm³/mol. The number of carbonyl (C=O) groups excluding carboxylic acids is 1. The third-order valence-corrected chi connectivity index (χ3v) is 5.18. The average Bonchev–Trinajstić information content (AvgIpc) is 3.16. The molecule has 1 aromatic heterocycles. The summed E-state index contributed by atoms with van der Waals surface area (Å²) in [5.74, 6) is 1.23. The van der Waals surface area contributed by atoms with Crippen molar-refractivity contribution in [3.63, 3.8) is 0 Å². The van der Waals surface area contributed by atoms with E-state index in [1.165, 1.54) is 4.68 Å². The molecule has 0 amide bonds. The summed E-state index contributed by atoms with van der Waals surface area (Å²) in [4.78, 5) is 12.8. The Bertz CT molecular complexity index is 711. The highest BCUT2D eigenvalue weighted by atomic mass is 16.5. The summed E-state index contributed by atoms with van der Waals surface area (Å²) in [5.41, 5.74) is 0.787. The Morgan fingerprint density at radius 1 is 1.40 bits per heavy atom. The second-order valence-corrected chi connectivity index (χ2v) is 7.11. The van der Waals surface area contributed by atoms with E-state index < -0.39 is 0 Å². The zero-order chi connectivity index (χ0) is 17.9. The highest BCUT2D eigenvalue weighted by Gasteiger charge is 2.43. The molecular weight excluding hydrogens is 316 g/mol. The number of aromatic nitrogens is 2. The Balaban J connectivity index is 2.00. The second-order valence-electron chi connectivity index (χ2n) is 7.11. The molecule has 5 heteroatoms. The monoisotopic (exact) mass is 342 g/mol. The van der Waals surface area contributed by atoms with Crippen molar-refractivity contribution in [3.8, 4) is 5.75 Å². The molecule has 0 N–H and O–H groups in total. The third kappa shape index (κ3) is 3.61. The average molecular weight is 342 g/mol. The van der Waals surface area contributed by atoms with Crippen molar-refractivity contribution in [2.45, 2.75) is 44.6 Å². The van der Waals surface area contributed by atoms with Gasteiger partial charge in [0.1, 0.15) is 5.75 Å². The van der Waals surface area contributed by atoms with Gasteiger partial charge in [-0.25, -0.2) is 4.68 Å². The molecule has 1 fully saturated rings. The number of hydrogen-bond acceptors (Lipinski definition) is 4. The third-order valence-electron chi connectivity index (χ3n) is 5.18. The zero-order valence-corrected chi connectivity index (χ0v) is 15.1. The maximum Gasteiger partial charge on any atom is 0.247 e. The molecule has 2 atom stereocenters. The molecule has 25 heavy (non-hydrogen) atoms. The first-order valence-corrected chi connectivity index (χ1v) is 8.84. The number of methoxy groups -OCH3 is 1. The summed E-state index contributed by atoms with van der Waals surface area (Å²) in [7, 11) is 1.68. The molecule has 0 radical (unpaired) electrons. The Morgan fingerprint density at radius 3 is 2.88 bits per heavy atom. The van der Waals surface area contributed by atoms with Gasteiger partial charge in [-0.15, -0.1) is 0 Å². The van der Waals surface area contributed by atoms with Crippen LogP contribution in [-0.4, -0.2) is 35.5 Å². The molecule has 1 saturated heterocycles. The van der Waals surface area contributed by atoms with Gasteiger partial charge < -0.3 is 9.47 Å². The Hall–Kier alpha value is -2.14. The minimum Gasteiger partial charge on any atom is -0.496 e. The lowest BCUT2D eigenvalue weighted by atomic mass is 9.68. The zero-order valence-electron chi connectivity index (χ0n) is 15.1. The van der Waals surface area contributed by atoms with E-state index in [1.54, 1.807) is 25.6 Å². The second kappa shape index (κ2) is 7.40. The van der Waals surface area contributed by atoms with Crippen LogP contribution in [0.25, 0.3) is 0 Å². The van der Waals surface area contributed by atoms with Crippen molar-refractivity contribution >= 4 is 5.91 Å². The number of ether oxygens (including phenoxy) is 2. The highest BCUT2D eigenvalue weighted by molar-refractivity contribution is 5.79. The van der Waals surface area contributed by atoms with Crippen LogP contribution in [0.15, 0.2) is 42.7 Å². The number of rotatable bonds is 5. The van der Waals surface area contributed by atoms with Crippen LogP contribution in [0.4, 0.5) is 0 Å². The molecule has 0 saturated carbocycles. The van der Waals surface area contributed by atoms with Crippen molar-refractivity contribution in [3.05, 3.63) is 48.3 Å². The molecule has 0 aliphatic carbocycles. The molecule has 0 spiro atoms. The van der Waals surface area contributed by atoms with Gasteiger partial charge in [-0.2, -0.15) is 5.10 Å². The molecule has 3 rings (SSSR count). The molecule has 2 heterocycles. The number of nitrogens with zero attached hydrogens (tertiary/aromatic N) is 2. The standard InChI is InChI=1S/C20H26N2O3/c1-15(2)18-13-20(9-12-25-18,14-19(23)22-11-6-10-21-22)16-7-4-5-8-17(16)24-3/h4-8,10-11,15,18H,9,12-14H2,1-3H3/t18-,20+/m1/s1. The van der Waals surface area contributed by atoms with Crippen LogP contribution < -0.4 is 4.74 Å². The van der Waals surface area contributed by atoms with Gasteiger partial charge in [-0.3, -0.25) is 4.79 Å². The van der Waals surface area contributed by atoms with Crippen molar-refractivity contribution < 1.29 is 14.3 Å². The molecule has 1 aliphatic rings. The Morgan fingerprint density at radius 2 is 2.20 bits per heavy atom. The summed E-state index contributed by atoms with van der Waals surface area (Å²) < 4.78 is 13.0. The minimum absolute atomic E-state index is 0.000289. The highest BCUT2D eigenvalue weighted by Crippen LogP contribution is 2.45. The maximum absolute atomic E-state index is 12.8. The van der Waals surface area contributed by atoms with Gasteiger partial charge in [-0.1, -0.05) is 32.0 Å². The fourth-order valence-corrected chi connectivity index (χ4v) is 3.75.